The first-order valence-corrected chi connectivity index (χ1v) is 13.7. The molecule has 0 bridgehead atoms. The van der Waals surface area contributed by atoms with Crippen molar-refractivity contribution in [3.05, 3.63) is 95.6 Å². The minimum absolute atomic E-state index is 0.0622. The van der Waals surface area contributed by atoms with E-state index in [-0.39, 0.29) is 25.7 Å². The number of nitrogens with one attached hydrogen (secondary N) is 2. The van der Waals surface area contributed by atoms with Crippen LogP contribution < -0.4 is 10.6 Å². The van der Waals surface area contributed by atoms with Crippen molar-refractivity contribution in [1.82, 2.24) is 10.6 Å². The van der Waals surface area contributed by atoms with Crippen molar-refractivity contribution in [2.75, 3.05) is 13.2 Å². The second-order valence-corrected chi connectivity index (χ2v) is 10.6. The van der Waals surface area contributed by atoms with E-state index in [1.54, 1.807) is 6.92 Å². The number of alkyl carbamates (subject to hydrolysis) is 1. The van der Waals surface area contributed by atoms with Crippen LogP contribution in [-0.4, -0.2) is 48.4 Å². The fourth-order valence-electron chi connectivity index (χ4n) is 5.55. The Morgan fingerprint density at radius 3 is 2.10 bits per heavy atom. The minimum atomic E-state index is -1.22. The predicted octanol–water partition coefficient (Wildman–Crippen LogP) is 4.87. The molecule has 2 aliphatic carbocycles. The third-order valence-electron chi connectivity index (χ3n) is 8.08. The van der Waals surface area contributed by atoms with Crippen LogP contribution in [-0.2, 0) is 25.7 Å². The Balaban J connectivity index is 1.15. The Morgan fingerprint density at radius 2 is 1.52 bits per heavy atom. The van der Waals surface area contributed by atoms with Gasteiger partial charge in [-0.15, -0.1) is 0 Å². The smallest absolute Gasteiger partial charge is 0.407 e. The van der Waals surface area contributed by atoms with Gasteiger partial charge >= 0.3 is 12.1 Å². The highest BCUT2D eigenvalue weighted by atomic mass is 16.5. The number of carbonyl (C=O) groups is 3. The number of carbonyl (C=O) groups excluding carboxylic acids is 2. The molecule has 0 radical (unpaired) electrons. The fraction of sp³-hybridized carbons (Fsp3) is 0.344. The Bertz CT molecular complexity index is 1330. The van der Waals surface area contributed by atoms with Crippen molar-refractivity contribution in [1.29, 1.82) is 0 Å². The number of rotatable bonds is 11. The molecule has 0 heterocycles. The SMILES string of the molecule is C[C@@H](OCc1ccccc1)[C@H](NC(=O)C1(CNC(=O)OCC2c3ccccc3-c3ccccc32)CCC1)C(=O)O. The monoisotopic (exact) mass is 542 g/mol. The largest absolute Gasteiger partial charge is 0.480 e. The van der Waals surface area contributed by atoms with Gasteiger partial charge in [0, 0.05) is 12.5 Å². The predicted molar refractivity (Wildman–Crippen MR) is 150 cm³/mol. The molecule has 0 saturated heterocycles. The van der Waals surface area contributed by atoms with E-state index in [2.05, 4.69) is 34.9 Å². The van der Waals surface area contributed by atoms with Gasteiger partial charge in [0.25, 0.3) is 0 Å². The van der Waals surface area contributed by atoms with Gasteiger partial charge in [-0.25, -0.2) is 9.59 Å². The van der Waals surface area contributed by atoms with Crippen molar-refractivity contribution in [3.8, 4) is 11.1 Å². The summed E-state index contributed by atoms with van der Waals surface area (Å²) in [7, 11) is 0. The molecule has 3 N–H and O–H groups in total. The third-order valence-corrected chi connectivity index (χ3v) is 8.08. The lowest BCUT2D eigenvalue weighted by atomic mass is 9.68. The van der Waals surface area contributed by atoms with Gasteiger partial charge in [0.15, 0.2) is 6.04 Å². The summed E-state index contributed by atoms with van der Waals surface area (Å²) in [6.07, 6.45) is 0.559. The Morgan fingerprint density at radius 1 is 0.925 bits per heavy atom. The molecule has 0 aliphatic heterocycles. The fourth-order valence-corrected chi connectivity index (χ4v) is 5.55. The van der Waals surface area contributed by atoms with Gasteiger partial charge in [-0.1, -0.05) is 85.3 Å². The van der Waals surface area contributed by atoms with Gasteiger partial charge in [-0.3, -0.25) is 4.79 Å². The molecular formula is C32H34N2O6. The second kappa shape index (κ2) is 11.9. The summed E-state index contributed by atoms with van der Waals surface area (Å²) in [5.41, 5.74) is 4.56. The minimum Gasteiger partial charge on any atom is -0.480 e. The normalized spacial score (nSPS) is 16.5. The van der Waals surface area contributed by atoms with Gasteiger partial charge in [0.2, 0.25) is 5.91 Å². The van der Waals surface area contributed by atoms with Crippen molar-refractivity contribution in [2.45, 2.75) is 50.9 Å². The maximum atomic E-state index is 13.3. The molecular weight excluding hydrogens is 508 g/mol. The zero-order valence-corrected chi connectivity index (χ0v) is 22.5. The molecule has 8 heteroatoms. The van der Waals surface area contributed by atoms with Crippen LogP contribution in [0.2, 0.25) is 0 Å². The molecule has 3 aromatic carbocycles. The van der Waals surface area contributed by atoms with Crippen molar-refractivity contribution in [3.63, 3.8) is 0 Å². The molecule has 0 unspecified atom stereocenters. The van der Waals surface area contributed by atoms with E-state index >= 15 is 0 Å². The molecule has 208 valence electrons. The average Bonchev–Trinajstić information content (AvgIpc) is 3.27. The van der Waals surface area contributed by atoms with Crippen molar-refractivity contribution < 1.29 is 29.0 Å². The van der Waals surface area contributed by atoms with E-state index in [0.717, 1.165) is 34.2 Å². The molecule has 1 fully saturated rings. The first kappa shape index (κ1) is 27.4. The molecule has 3 aromatic rings. The van der Waals surface area contributed by atoms with E-state index in [0.29, 0.717) is 12.8 Å². The number of hydrogen-bond donors (Lipinski definition) is 3. The summed E-state index contributed by atoms with van der Waals surface area (Å²) in [6.45, 7) is 2.11. The van der Waals surface area contributed by atoms with Crippen LogP contribution in [0.25, 0.3) is 11.1 Å². The molecule has 5 rings (SSSR count). The zero-order valence-electron chi connectivity index (χ0n) is 22.5. The van der Waals surface area contributed by atoms with Crippen LogP contribution in [0.4, 0.5) is 4.79 Å². The molecule has 2 amide bonds. The molecule has 8 nitrogen and oxygen atoms in total. The highest BCUT2D eigenvalue weighted by molar-refractivity contribution is 5.89. The zero-order chi connectivity index (χ0) is 28.1. The Kier molecular flexibility index (Phi) is 8.16. The van der Waals surface area contributed by atoms with Crippen molar-refractivity contribution >= 4 is 18.0 Å². The number of amides is 2. The molecule has 0 aromatic heterocycles. The van der Waals surface area contributed by atoms with E-state index in [9.17, 15) is 19.5 Å². The van der Waals surface area contributed by atoms with E-state index in [1.807, 2.05) is 54.6 Å². The molecule has 1 saturated carbocycles. The molecule has 0 spiro atoms. The van der Waals surface area contributed by atoms with Crippen LogP contribution in [0, 0.1) is 5.41 Å². The van der Waals surface area contributed by atoms with Crippen LogP contribution in [0.1, 0.15) is 48.8 Å². The summed E-state index contributed by atoms with van der Waals surface area (Å²) < 4.78 is 11.4. The number of carboxylic acid groups (broad SMARTS) is 1. The van der Waals surface area contributed by atoms with Gasteiger partial charge < -0.3 is 25.2 Å². The van der Waals surface area contributed by atoms with Crippen LogP contribution in [0.5, 0.6) is 0 Å². The van der Waals surface area contributed by atoms with Gasteiger partial charge in [0.1, 0.15) is 6.61 Å². The number of hydrogen-bond acceptors (Lipinski definition) is 5. The number of carboxylic acids is 1. The van der Waals surface area contributed by atoms with Crippen molar-refractivity contribution in [2.24, 2.45) is 5.41 Å². The topological polar surface area (TPSA) is 114 Å². The van der Waals surface area contributed by atoms with Gasteiger partial charge in [-0.2, -0.15) is 0 Å². The first-order valence-electron chi connectivity index (χ1n) is 13.7. The number of benzene rings is 3. The second-order valence-electron chi connectivity index (χ2n) is 10.6. The lowest BCUT2D eigenvalue weighted by Crippen LogP contribution is -2.58. The maximum absolute atomic E-state index is 13.3. The van der Waals surface area contributed by atoms with E-state index < -0.39 is 35.5 Å². The van der Waals surface area contributed by atoms with Gasteiger partial charge in [0.05, 0.1) is 18.1 Å². The lowest BCUT2D eigenvalue weighted by Gasteiger charge is -2.41. The summed E-state index contributed by atoms with van der Waals surface area (Å²) in [6, 6.07) is 24.4. The van der Waals surface area contributed by atoms with E-state index in [4.69, 9.17) is 9.47 Å². The Labute approximate surface area is 233 Å². The maximum Gasteiger partial charge on any atom is 0.407 e. The highest BCUT2D eigenvalue weighted by Crippen LogP contribution is 2.44. The molecule has 2 aliphatic rings. The standard InChI is InChI=1S/C32H34N2O6/c1-21(39-18-22-10-3-2-4-11-22)28(29(35)36)34-30(37)32(16-9-17-32)20-33-31(38)40-19-27-25-14-7-5-12-23(25)24-13-6-8-15-26(24)27/h2-8,10-15,21,27-28H,9,16-20H2,1H3,(H,33,38)(H,34,37)(H,35,36)/t21-,28+/m1/s1. The summed E-state index contributed by atoms with van der Waals surface area (Å²) in [5.74, 6) is -1.64. The quantitative estimate of drug-likeness (QED) is 0.319. The van der Waals surface area contributed by atoms with Crippen LogP contribution >= 0.6 is 0 Å². The Hall–Kier alpha value is -4.17. The molecule has 40 heavy (non-hydrogen) atoms. The van der Waals surface area contributed by atoms with Crippen LogP contribution in [0.3, 0.4) is 0 Å². The molecule has 2 atom stereocenters. The third kappa shape index (κ3) is 5.72. The summed E-state index contributed by atoms with van der Waals surface area (Å²) in [5, 5.41) is 15.2. The summed E-state index contributed by atoms with van der Waals surface area (Å²) in [4.78, 5) is 38.0. The van der Waals surface area contributed by atoms with Crippen LogP contribution in [0.15, 0.2) is 78.9 Å². The summed E-state index contributed by atoms with van der Waals surface area (Å²) >= 11 is 0. The number of ether oxygens (including phenoxy) is 2. The number of fused-ring (bicyclic) bond motifs is 3. The first-order chi connectivity index (χ1) is 19.4. The average molecular weight is 543 g/mol. The van der Waals surface area contributed by atoms with Gasteiger partial charge in [-0.05, 0) is 47.6 Å². The lowest BCUT2D eigenvalue weighted by molar-refractivity contribution is -0.150. The van der Waals surface area contributed by atoms with E-state index in [1.165, 1.54) is 0 Å². The highest BCUT2D eigenvalue weighted by Gasteiger charge is 2.46. The number of aliphatic carboxylic acids is 1.